The van der Waals surface area contributed by atoms with Gasteiger partial charge in [0.1, 0.15) is 11.5 Å². The van der Waals surface area contributed by atoms with Gasteiger partial charge >= 0.3 is 5.97 Å². The molecular formula is C14H13NO3. The lowest BCUT2D eigenvalue weighted by Gasteiger charge is -2.10. The third-order valence-electron chi connectivity index (χ3n) is 2.61. The Morgan fingerprint density at radius 2 is 2.00 bits per heavy atom. The summed E-state index contributed by atoms with van der Waals surface area (Å²) in [5, 5.41) is 8.95. The van der Waals surface area contributed by atoms with Gasteiger partial charge in [0.05, 0.1) is 11.3 Å². The van der Waals surface area contributed by atoms with Crippen molar-refractivity contribution in [3.63, 3.8) is 0 Å². The maximum absolute atomic E-state index is 10.9. The summed E-state index contributed by atoms with van der Waals surface area (Å²) in [6.07, 6.45) is 1.68. The van der Waals surface area contributed by atoms with E-state index in [2.05, 4.69) is 4.98 Å². The Morgan fingerprint density at radius 3 is 2.67 bits per heavy atom. The third-order valence-corrected chi connectivity index (χ3v) is 2.61. The maximum Gasteiger partial charge on any atom is 0.335 e. The second-order valence-corrected chi connectivity index (χ2v) is 3.97. The Morgan fingerprint density at radius 1 is 1.22 bits per heavy atom. The first kappa shape index (κ1) is 12.1. The van der Waals surface area contributed by atoms with Gasteiger partial charge in [0.25, 0.3) is 0 Å². The fourth-order valence-corrected chi connectivity index (χ4v) is 1.54. The summed E-state index contributed by atoms with van der Waals surface area (Å²) in [4.78, 5) is 15.0. The van der Waals surface area contributed by atoms with Crippen LogP contribution in [0.2, 0.25) is 0 Å². The molecule has 0 spiro atoms. The van der Waals surface area contributed by atoms with E-state index in [0.29, 0.717) is 11.5 Å². The van der Waals surface area contributed by atoms with Crippen LogP contribution in [0.15, 0.2) is 36.5 Å². The molecule has 4 nitrogen and oxygen atoms in total. The minimum absolute atomic E-state index is 0.206. The zero-order chi connectivity index (χ0) is 13.1. The molecule has 4 heteroatoms. The van der Waals surface area contributed by atoms with Crippen LogP contribution >= 0.6 is 0 Å². The van der Waals surface area contributed by atoms with Gasteiger partial charge in [-0.15, -0.1) is 0 Å². The number of hydrogen-bond donors (Lipinski definition) is 1. The van der Waals surface area contributed by atoms with E-state index in [1.807, 2.05) is 13.8 Å². The molecule has 18 heavy (non-hydrogen) atoms. The summed E-state index contributed by atoms with van der Waals surface area (Å²) in [5.41, 5.74) is 1.85. The summed E-state index contributed by atoms with van der Waals surface area (Å²) in [5.74, 6) is 0.192. The minimum Gasteiger partial charge on any atom is -0.478 e. The second-order valence-electron chi connectivity index (χ2n) is 3.97. The highest BCUT2D eigenvalue weighted by Gasteiger charge is 2.09. The van der Waals surface area contributed by atoms with Gasteiger partial charge in [-0.25, -0.2) is 4.79 Å². The fraction of sp³-hybridized carbons (Fsp3) is 0.143. The zero-order valence-corrected chi connectivity index (χ0v) is 10.2. The van der Waals surface area contributed by atoms with Crippen molar-refractivity contribution in [2.45, 2.75) is 13.8 Å². The van der Waals surface area contributed by atoms with Gasteiger partial charge in [-0.1, -0.05) is 6.07 Å². The number of aromatic nitrogens is 1. The van der Waals surface area contributed by atoms with Crippen LogP contribution < -0.4 is 4.74 Å². The topological polar surface area (TPSA) is 59.4 Å². The molecule has 0 saturated carbocycles. The van der Waals surface area contributed by atoms with Crippen molar-refractivity contribution in [2.75, 3.05) is 0 Å². The van der Waals surface area contributed by atoms with E-state index in [-0.39, 0.29) is 5.56 Å². The lowest BCUT2D eigenvalue weighted by Crippen LogP contribution is -1.98. The van der Waals surface area contributed by atoms with E-state index in [4.69, 9.17) is 9.84 Å². The van der Waals surface area contributed by atoms with Gasteiger partial charge < -0.3 is 9.84 Å². The van der Waals surface area contributed by atoms with Gasteiger partial charge in [-0.05, 0) is 43.7 Å². The largest absolute Gasteiger partial charge is 0.478 e. The number of pyridine rings is 1. The van der Waals surface area contributed by atoms with Crippen LogP contribution in [0.3, 0.4) is 0 Å². The summed E-state index contributed by atoms with van der Waals surface area (Å²) < 4.78 is 5.70. The smallest absolute Gasteiger partial charge is 0.335 e. The number of carboxylic acids is 1. The van der Waals surface area contributed by atoms with Crippen molar-refractivity contribution in [1.82, 2.24) is 4.98 Å². The lowest BCUT2D eigenvalue weighted by molar-refractivity contribution is 0.0696. The number of aromatic carboxylic acids is 1. The highest BCUT2D eigenvalue weighted by atomic mass is 16.5. The van der Waals surface area contributed by atoms with Gasteiger partial charge in [-0.3, -0.25) is 4.98 Å². The molecule has 0 fully saturated rings. The first-order valence-corrected chi connectivity index (χ1v) is 5.51. The van der Waals surface area contributed by atoms with Gasteiger partial charge in [0.15, 0.2) is 0 Å². The molecule has 0 unspecified atom stereocenters. The molecule has 1 aromatic heterocycles. The minimum atomic E-state index is -0.970. The summed E-state index contributed by atoms with van der Waals surface area (Å²) in [6.45, 7) is 3.71. The van der Waals surface area contributed by atoms with Crippen molar-refractivity contribution in [1.29, 1.82) is 0 Å². The second kappa shape index (κ2) is 4.87. The molecule has 0 saturated heterocycles. The van der Waals surface area contributed by atoms with Gasteiger partial charge in [-0.2, -0.15) is 0 Å². The number of carboxylic acid groups (broad SMARTS) is 1. The maximum atomic E-state index is 10.9. The van der Waals surface area contributed by atoms with E-state index >= 15 is 0 Å². The molecular weight excluding hydrogens is 230 g/mol. The Bertz CT molecular complexity index is 593. The van der Waals surface area contributed by atoms with Gasteiger partial charge in [0, 0.05) is 6.20 Å². The monoisotopic (exact) mass is 243 g/mol. The average Bonchev–Trinajstić information content (AvgIpc) is 2.34. The number of ether oxygens (including phenoxy) is 1. The van der Waals surface area contributed by atoms with Crippen LogP contribution in [-0.4, -0.2) is 16.1 Å². The number of aryl methyl sites for hydroxylation is 2. The molecule has 0 radical (unpaired) electrons. The molecule has 2 aromatic rings. The molecule has 0 aliphatic rings. The van der Waals surface area contributed by atoms with Crippen molar-refractivity contribution >= 4 is 5.97 Å². The van der Waals surface area contributed by atoms with E-state index < -0.39 is 5.97 Å². The number of benzene rings is 1. The molecule has 0 atom stereocenters. The third kappa shape index (κ3) is 2.48. The summed E-state index contributed by atoms with van der Waals surface area (Å²) in [7, 11) is 0. The van der Waals surface area contributed by atoms with Crippen LogP contribution in [0.25, 0.3) is 0 Å². The van der Waals surface area contributed by atoms with Crippen molar-refractivity contribution in [3.05, 3.63) is 53.3 Å². The van der Waals surface area contributed by atoms with Crippen LogP contribution in [-0.2, 0) is 0 Å². The molecule has 0 bridgehead atoms. The predicted molar refractivity (Wildman–Crippen MR) is 67.2 cm³/mol. The quantitative estimate of drug-likeness (QED) is 0.899. The van der Waals surface area contributed by atoms with Crippen LogP contribution in [0, 0.1) is 13.8 Å². The molecule has 0 aliphatic heterocycles. The van der Waals surface area contributed by atoms with E-state index in [1.165, 1.54) is 6.07 Å². The summed E-state index contributed by atoms with van der Waals surface area (Å²) in [6, 6.07) is 8.38. The molecule has 1 aromatic carbocycles. The predicted octanol–water partition coefficient (Wildman–Crippen LogP) is 3.19. The van der Waals surface area contributed by atoms with Crippen molar-refractivity contribution < 1.29 is 14.6 Å². The van der Waals surface area contributed by atoms with Crippen LogP contribution in [0.4, 0.5) is 0 Å². The van der Waals surface area contributed by atoms with Crippen LogP contribution in [0.5, 0.6) is 11.5 Å². The highest BCUT2D eigenvalue weighted by molar-refractivity contribution is 5.88. The lowest BCUT2D eigenvalue weighted by atomic mass is 10.1. The fourth-order valence-electron chi connectivity index (χ4n) is 1.54. The highest BCUT2D eigenvalue weighted by Crippen LogP contribution is 2.27. The van der Waals surface area contributed by atoms with Crippen molar-refractivity contribution in [3.8, 4) is 11.5 Å². The molecule has 0 amide bonds. The van der Waals surface area contributed by atoms with E-state index in [0.717, 1.165) is 11.3 Å². The molecule has 0 aliphatic carbocycles. The Hall–Kier alpha value is -2.36. The van der Waals surface area contributed by atoms with Gasteiger partial charge in [0.2, 0.25) is 0 Å². The summed E-state index contributed by atoms with van der Waals surface area (Å²) >= 11 is 0. The van der Waals surface area contributed by atoms with E-state index in [9.17, 15) is 4.79 Å². The first-order chi connectivity index (χ1) is 8.58. The number of rotatable bonds is 3. The Kier molecular flexibility index (Phi) is 3.28. The van der Waals surface area contributed by atoms with Crippen molar-refractivity contribution in [2.24, 2.45) is 0 Å². The van der Waals surface area contributed by atoms with E-state index in [1.54, 1.807) is 30.5 Å². The number of carbonyl (C=O) groups is 1. The standard InChI is InChI=1S/C14H13NO3/c1-9-5-6-11(14(16)17)8-13(9)18-12-4-3-7-15-10(12)2/h3-8H,1-2H3,(H,16,17). The average molecular weight is 243 g/mol. The zero-order valence-electron chi connectivity index (χ0n) is 10.2. The van der Waals surface area contributed by atoms with Crippen LogP contribution in [0.1, 0.15) is 21.6 Å². The normalized spacial score (nSPS) is 10.1. The first-order valence-electron chi connectivity index (χ1n) is 5.51. The molecule has 1 heterocycles. The molecule has 92 valence electrons. The Balaban J connectivity index is 2.37. The molecule has 1 N–H and O–H groups in total. The Labute approximate surface area is 105 Å². The molecule has 2 rings (SSSR count). The number of nitrogens with zero attached hydrogens (tertiary/aromatic N) is 1. The number of hydrogen-bond acceptors (Lipinski definition) is 3. The SMILES string of the molecule is Cc1ccc(C(=O)O)cc1Oc1cccnc1C.